The van der Waals surface area contributed by atoms with Crippen LogP contribution in [0.5, 0.6) is 0 Å². The van der Waals surface area contributed by atoms with Gasteiger partial charge in [0, 0.05) is 55.6 Å². The van der Waals surface area contributed by atoms with Crippen molar-refractivity contribution in [3.05, 3.63) is 39.7 Å². The molecule has 1 saturated heterocycles. The van der Waals surface area contributed by atoms with E-state index in [-0.39, 0.29) is 5.56 Å². The molecule has 0 aromatic carbocycles. The molecule has 0 spiro atoms. The average molecular weight is 400 g/mol. The molecule has 0 unspecified atom stereocenters. The monoisotopic (exact) mass is 399 g/mol. The highest BCUT2D eigenvalue weighted by Gasteiger charge is 2.22. The molecule has 1 aliphatic heterocycles. The van der Waals surface area contributed by atoms with E-state index in [9.17, 15) is 4.79 Å². The maximum absolute atomic E-state index is 12.2. The van der Waals surface area contributed by atoms with Crippen LogP contribution in [0.2, 0.25) is 0 Å². The molecule has 1 aliphatic rings. The summed E-state index contributed by atoms with van der Waals surface area (Å²) in [6, 6.07) is 3.62. The van der Waals surface area contributed by atoms with E-state index in [4.69, 9.17) is 4.98 Å². The van der Waals surface area contributed by atoms with E-state index in [0.29, 0.717) is 10.9 Å². The molecule has 1 fully saturated rings. The molecule has 3 aromatic rings. The van der Waals surface area contributed by atoms with Crippen molar-refractivity contribution >= 4 is 27.2 Å². The number of hydrogen-bond acceptors (Lipinski definition) is 8. The summed E-state index contributed by atoms with van der Waals surface area (Å²) < 4.78 is 1.41. The lowest BCUT2D eigenvalue weighted by molar-refractivity contribution is 0.635. The Labute approximate surface area is 167 Å². The Bertz CT molecular complexity index is 1050. The lowest BCUT2D eigenvalue weighted by Crippen LogP contribution is -2.47. The van der Waals surface area contributed by atoms with E-state index in [0.717, 1.165) is 60.8 Å². The summed E-state index contributed by atoms with van der Waals surface area (Å²) in [6.45, 7) is 11.6. The summed E-state index contributed by atoms with van der Waals surface area (Å²) in [4.78, 5) is 31.2. The van der Waals surface area contributed by atoms with Gasteiger partial charge in [0.25, 0.3) is 5.56 Å². The van der Waals surface area contributed by atoms with Crippen LogP contribution in [0.25, 0.3) is 4.96 Å². The van der Waals surface area contributed by atoms with E-state index in [1.165, 1.54) is 15.9 Å². The molecule has 28 heavy (non-hydrogen) atoms. The van der Waals surface area contributed by atoms with Crippen molar-refractivity contribution in [2.45, 2.75) is 40.0 Å². The van der Waals surface area contributed by atoms with Crippen LogP contribution in [0.1, 0.15) is 43.9 Å². The number of anilines is 2. The zero-order chi connectivity index (χ0) is 19.8. The average Bonchev–Trinajstić information content (AvgIpc) is 3.12. The molecule has 3 aromatic heterocycles. The van der Waals surface area contributed by atoms with E-state index in [1.54, 1.807) is 6.07 Å². The lowest BCUT2D eigenvalue weighted by atomic mass is 10.2. The second kappa shape index (κ2) is 7.46. The molecule has 0 N–H and O–H groups in total. The first-order chi connectivity index (χ1) is 13.4. The molecule has 0 bridgehead atoms. The van der Waals surface area contributed by atoms with Crippen LogP contribution >= 0.6 is 11.3 Å². The number of rotatable bonds is 4. The summed E-state index contributed by atoms with van der Waals surface area (Å²) in [7, 11) is 0. The Hall–Kier alpha value is -2.55. The van der Waals surface area contributed by atoms with Crippen molar-refractivity contribution in [2.24, 2.45) is 0 Å². The predicted octanol–water partition coefficient (Wildman–Crippen LogP) is 2.26. The molecule has 0 saturated carbocycles. The summed E-state index contributed by atoms with van der Waals surface area (Å²) in [5.41, 5.74) is 1.70. The maximum Gasteiger partial charge on any atom is 0.275 e. The molecule has 8 nitrogen and oxygen atoms in total. The van der Waals surface area contributed by atoms with Crippen molar-refractivity contribution in [3.63, 3.8) is 0 Å². The van der Waals surface area contributed by atoms with Crippen molar-refractivity contribution in [3.8, 4) is 0 Å². The number of aromatic nitrogens is 5. The van der Waals surface area contributed by atoms with Gasteiger partial charge in [0.1, 0.15) is 11.6 Å². The van der Waals surface area contributed by atoms with Gasteiger partial charge in [-0.3, -0.25) is 4.79 Å². The quantitative estimate of drug-likeness (QED) is 0.666. The minimum Gasteiger partial charge on any atom is -0.353 e. The van der Waals surface area contributed by atoms with Gasteiger partial charge in [-0.15, -0.1) is 5.10 Å². The Kier molecular flexibility index (Phi) is 5.01. The number of fused-ring (bicyclic) bond motifs is 1. The van der Waals surface area contributed by atoms with Gasteiger partial charge in [-0.1, -0.05) is 32.1 Å². The van der Waals surface area contributed by atoms with Crippen LogP contribution in [0.3, 0.4) is 0 Å². The van der Waals surface area contributed by atoms with Crippen LogP contribution in [0.4, 0.5) is 10.9 Å². The molecule has 4 rings (SSSR count). The van der Waals surface area contributed by atoms with E-state index >= 15 is 0 Å². The first kappa shape index (κ1) is 18.8. The summed E-state index contributed by atoms with van der Waals surface area (Å²) in [5, 5.41) is 5.35. The third kappa shape index (κ3) is 3.58. The minimum atomic E-state index is -0.110. The molecule has 4 heterocycles. The SMILES string of the molecule is CCc1cc(=O)n2nc(N3CCN(c4cc(C)nc(C(C)C)n4)CC3)sc2n1. The van der Waals surface area contributed by atoms with Crippen LogP contribution in [0.15, 0.2) is 16.9 Å². The second-order valence-electron chi connectivity index (χ2n) is 7.37. The summed E-state index contributed by atoms with van der Waals surface area (Å²) in [6.07, 6.45) is 0.744. The van der Waals surface area contributed by atoms with Crippen molar-refractivity contribution < 1.29 is 0 Å². The smallest absolute Gasteiger partial charge is 0.275 e. The summed E-state index contributed by atoms with van der Waals surface area (Å²) >= 11 is 1.48. The molecule has 0 radical (unpaired) electrons. The zero-order valence-electron chi connectivity index (χ0n) is 16.7. The minimum absolute atomic E-state index is 0.110. The van der Waals surface area contributed by atoms with Crippen LogP contribution in [-0.2, 0) is 6.42 Å². The van der Waals surface area contributed by atoms with Crippen molar-refractivity contribution in [1.29, 1.82) is 0 Å². The topological polar surface area (TPSA) is 79.5 Å². The fraction of sp³-hybridized carbons (Fsp3) is 0.526. The third-order valence-corrected chi connectivity index (χ3v) is 5.87. The molecular formula is C19H25N7OS. The van der Waals surface area contributed by atoms with Gasteiger partial charge in [0.2, 0.25) is 10.1 Å². The van der Waals surface area contributed by atoms with E-state index in [2.05, 4.69) is 44.8 Å². The Morgan fingerprint density at radius 2 is 1.79 bits per heavy atom. The normalized spacial score (nSPS) is 15.0. The number of nitrogens with zero attached hydrogens (tertiary/aromatic N) is 7. The van der Waals surface area contributed by atoms with E-state index in [1.807, 2.05) is 13.8 Å². The van der Waals surface area contributed by atoms with Gasteiger partial charge in [-0.25, -0.2) is 15.0 Å². The van der Waals surface area contributed by atoms with Gasteiger partial charge in [0.15, 0.2) is 0 Å². The van der Waals surface area contributed by atoms with Crippen molar-refractivity contribution in [2.75, 3.05) is 36.0 Å². The number of aryl methyl sites for hydroxylation is 2. The largest absolute Gasteiger partial charge is 0.353 e. The Balaban J connectivity index is 1.52. The standard InChI is InChI=1S/C19H25N7OS/c1-5-14-11-16(27)26-18(21-14)28-19(23-26)25-8-6-24(7-9-25)15-10-13(4)20-17(22-15)12(2)3/h10-12H,5-9H2,1-4H3. The first-order valence-corrected chi connectivity index (χ1v) is 10.5. The first-order valence-electron chi connectivity index (χ1n) is 9.70. The fourth-order valence-corrected chi connectivity index (χ4v) is 4.25. The highest BCUT2D eigenvalue weighted by molar-refractivity contribution is 7.20. The lowest BCUT2D eigenvalue weighted by Gasteiger charge is -2.35. The molecule has 9 heteroatoms. The number of hydrogen-bond donors (Lipinski definition) is 0. The number of piperazine rings is 1. The highest BCUT2D eigenvalue weighted by Crippen LogP contribution is 2.24. The van der Waals surface area contributed by atoms with Crippen LogP contribution in [-0.4, -0.2) is 50.7 Å². The Morgan fingerprint density at radius 1 is 1.07 bits per heavy atom. The molecule has 148 valence electrons. The van der Waals surface area contributed by atoms with Gasteiger partial charge in [-0.05, 0) is 13.3 Å². The second-order valence-corrected chi connectivity index (χ2v) is 8.31. The van der Waals surface area contributed by atoms with E-state index < -0.39 is 0 Å². The predicted molar refractivity (Wildman–Crippen MR) is 112 cm³/mol. The van der Waals surface area contributed by atoms with Gasteiger partial charge in [-0.2, -0.15) is 4.52 Å². The molecule has 0 atom stereocenters. The summed E-state index contributed by atoms with van der Waals surface area (Å²) in [5.74, 6) is 2.19. The van der Waals surface area contributed by atoms with Gasteiger partial charge < -0.3 is 9.80 Å². The zero-order valence-corrected chi connectivity index (χ0v) is 17.5. The molecule has 0 aliphatic carbocycles. The highest BCUT2D eigenvalue weighted by atomic mass is 32.1. The molecule has 0 amide bonds. The van der Waals surface area contributed by atoms with Crippen molar-refractivity contribution in [1.82, 2.24) is 24.6 Å². The third-order valence-electron chi connectivity index (χ3n) is 4.90. The van der Waals surface area contributed by atoms with Gasteiger partial charge >= 0.3 is 0 Å². The van der Waals surface area contributed by atoms with Crippen LogP contribution < -0.4 is 15.4 Å². The fourth-order valence-electron chi connectivity index (χ4n) is 3.28. The molecular weight excluding hydrogens is 374 g/mol. The Morgan fingerprint density at radius 3 is 2.46 bits per heavy atom. The van der Waals surface area contributed by atoms with Crippen LogP contribution in [0, 0.1) is 6.92 Å². The van der Waals surface area contributed by atoms with Gasteiger partial charge in [0.05, 0.1) is 0 Å². The maximum atomic E-state index is 12.2.